The third-order valence-electron chi connectivity index (χ3n) is 4.18. The Morgan fingerprint density at radius 3 is 2.62 bits per heavy atom. The van der Waals surface area contributed by atoms with Crippen LogP contribution < -0.4 is 5.73 Å². The fraction of sp³-hybridized carbons (Fsp3) is 0.733. The minimum Gasteiger partial charge on any atom is -0.369 e. The summed E-state index contributed by atoms with van der Waals surface area (Å²) in [4.78, 5) is 6.86. The van der Waals surface area contributed by atoms with Gasteiger partial charge in [0.25, 0.3) is 0 Å². The summed E-state index contributed by atoms with van der Waals surface area (Å²) in [7, 11) is 4.13. The Bertz CT molecular complexity index is 595. The molecule has 0 amide bonds. The van der Waals surface area contributed by atoms with Gasteiger partial charge in [0, 0.05) is 19.6 Å². The van der Waals surface area contributed by atoms with Gasteiger partial charge in [0.05, 0.1) is 5.69 Å². The molecule has 0 unspecified atom stereocenters. The zero-order valence-corrected chi connectivity index (χ0v) is 13.9. The van der Waals surface area contributed by atoms with Crippen LogP contribution in [0.3, 0.4) is 0 Å². The van der Waals surface area contributed by atoms with E-state index >= 15 is 0 Å². The normalized spacial score (nSPS) is 12.1. The van der Waals surface area contributed by atoms with E-state index in [-0.39, 0.29) is 0 Å². The Kier molecular flexibility index (Phi) is 4.88. The first kappa shape index (κ1) is 15.8. The summed E-state index contributed by atoms with van der Waals surface area (Å²) in [6.07, 6.45) is 3.14. The van der Waals surface area contributed by atoms with Gasteiger partial charge in [0.1, 0.15) is 5.52 Å². The van der Waals surface area contributed by atoms with E-state index in [4.69, 9.17) is 5.73 Å². The molecule has 0 aliphatic carbocycles. The Hall–Kier alpha value is -1.56. The van der Waals surface area contributed by atoms with Crippen molar-refractivity contribution >= 4 is 17.1 Å². The number of hydrogen-bond donors (Lipinski definition) is 1. The monoisotopic (exact) mass is 292 g/mol. The van der Waals surface area contributed by atoms with Crippen molar-refractivity contribution in [1.82, 2.24) is 24.2 Å². The fourth-order valence-corrected chi connectivity index (χ4v) is 2.61. The smallest absolute Gasteiger partial charge is 0.202 e. The topological polar surface area (TPSA) is 64.9 Å². The molecule has 0 fully saturated rings. The molecular weight excluding hydrogens is 264 g/mol. The van der Waals surface area contributed by atoms with Crippen LogP contribution in [0, 0.1) is 0 Å². The molecular formula is C15H28N6. The van der Waals surface area contributed by atoms with E-state index in [9.17, 15) is 0 Å². The number of nitrogens with zero attached hydrogens (tertiary/aromatic N) is 5. The van der Waals surface area contributed by atoms with Crippen molar-refractivity contribution in [2.45, 2.75) is 52.6 Å². The fourth-order valence-electron chi connectivity index (χ4n) is 2.61. The maximum Gasteiger partial charge on any atom is 0.202 e. The van der Waals surface area contributed by atoms with E-state index in [1.54, 1.807) is 0 Å². The molecule has 2 aromatic heterocycles. The molecule has 118 valence electrons. The summed E-state index contributed by atoms with van der Waals surface area (Å²) in [5, 5.41) is 4.52. The van der Waals surface area contributed by atoms with Gasteiger partial charge in [-0.3, -0.25) is 9.25 Å². The van der Waals surface area contributed by atoms with E-state index < -0.39 is 0 Å². The number of aryl methyl sites for hydroxylation is 3. The van der Waals surface area contributed by atoms with Crippen LogP contribution >= 0.6 is 0 Å². The number of hydrogen-bond acceptors (Lipinski definition) is 4. The van der Waals surface area contributed by atoms with Crippen LogP contribution in [-0.4, -0.2) is 43.9 Å². The lowest BCUT2D eigenvalue weighted by Gasteiger charge is -2.20. The second-order valence-corrected chi connectivity index (χ2v) is 6.00. The molecule has 6 nitrogen and oxygen atoms in total. The van der Waals surface area contributed by atoms with Crippen LogP contribution in [0.15, 0.2) is 0 Å². The molecule has 0 saturated heterocycles. The van der Waals surface area contributed by atoms with E-state index in [1.807, 2.05) is 11.7 Å². The average Bonchev–Trinajstić information content (AvgIpc) is 2.92. The average molecular weight is 292 g/mol. The number of fused-ring (bicyclic) bond motifs is 1. The van der Waals surface area contributed by atoms with Gasteiger partial charge in [-0.05, 0) is 46.7 Å². The molecule has 6 heteroatoms. The third-order valence-corrected chi connectivity index (χ3v) is 4.18. The van der Waals surface area contributed by atoms with Crippen LogP contribution in [0.5, 0.6) is 0 Å². The number of rotatable bonds is 7. The Morgan fingerprint density at radius 1 is 1.29 bits per heavy atom. The maximum absolute atomic E-state index is 6.08. The highest BCUT2D eigenvalue weighted by Crippen LogP contribution is 2.21. The van der Waals surface area contributed by atoms with Gasteiger partial charge in [-0.2, -0.15) is 5.10 Å². The minimum atomic E-state index is 0.596. The number of nitrogens with two attached hydrogens (primary N) is 1. The maximum atomic E-state index is 6.08. The van der Waals surface area contributed by atoms with Gasteiger partial charge in [-0.1, -0.05) is 6.92 Å². The lowest BCUT2D eigenvalue weighted by molar-refractivity contribution is 0.266. The number of unbranched alkanes of at least 4 members (excludes halogenated alkanes) is 1. The molecule has 0 radical (unpaired) electrons. The molecule has 0 spiro atoms. The lowest BCUT2D eigenvalue weighted by atomic mass is 10.2. The SMILES string of the molecule is CCc1nn(C)c2c1nc(N)n2CCCCN(C)C(C)C. The standard InChI is InChI=1S/C15H28N6/c1-6-12-13-14(20(5)18-12)21(15(16)17-13)10-8-7-9-19(4)11(2)3/h11H,6-10H2,1-5H3,(H2,16,17). The first-order chi connectivity index (χ1) is 9.95. The van der Waals surface area contributed by atoms with Crippen molar-refractivity contribution in [1.29, 1.82) is 0 Å². The lowest BCUT2D eigenvalue weighted by Crippen LogP contribution is -2.27. The molecule has 0 aliphatic rings. The number of aromatic nitrogens is 4. The predicted molar refractivity (Wildman–Crippen MR) is 87.3 cm³/mol. The summed E-state index contributed by atoms with van der Waals surface area (Å²) in [6, 6.07) is 0.596. The molecule has 2 heterocycles. The van der Waals surface area contributed by atoms with Crippen molar-refractivity contribution in [3.63, 3.8) is 0 Å². The highest BCUT2D eigenvalue weighted by molar-refractivity contribution is 5.77. The quantitative estimate of drug-likeness (QED) is 0.793. The van der Waals surface area contributed by atoms with Gasteiger partial charge in [-0.25, -0.2) is 4.98 Å². The zero-order chi connectivity index (χ0) is 15.6. The largest absolute Gasteiger partial charge is 0.369 e. The van der Waals surface area contributed by atoms with Crippen molar-refractivity contribution in [3.05, 3.63) is 5.69 Å². The zero-order valence-electron chi connectivity index (χ0n) is 13.9. The van der Waals surface area contributed by atoms with Crippen LogP contribution in [0.1, 0.15) is 39.3 Å². The number of anilines is 1. The first-order valence-electron chi connectivity index (χ1n) is 7.83. The van der Waals surface area contributed by atoms with Crippen LogP contribution in [-0.2, 0) is 20.0 Å². The predicted octanol–water partition coefficient (Wildman–Crippen LogP) is 2.03. The molecule has 0 atom stereocenters. The summed E-state index contributed by atoms with van der Waals surface area (Å²) in [5.41, 5.74) is 9.10. The second kappa shape index (κ2) is 6.47. The first-order valence-corrected chi connectivity index (χ1v) is 7.83. The van der Waals surface area contributed by atoms with Gasteiger partial charge in [0.2, 0.25) is 5.95 Å². The Labute approximate surface area is 126 Å². The third kappa shape index (κ3) is 3.20. The van der Waals surface area contributed by atoms with Crippen LogP contribution in [0.2, 0.25) is 0 Å². The van der Waals surface area contributed by atoms with Gasteiger partial charge >= 0.3 is 0 Å². The van der Waals surface area contributed by atoms with Gasteiger partial charge in [0.15, 0.2) is 5.65 Å². The molecule has 2 N–H and O–H groups in total. The molecule has 0 aliphatic heterocycles. The summed E-state index contributed by atoms with van der Waals surface area (Å²) in [6.45, 7) is 8.55. The number of nitrogen functional groups attached to an aromatic ring is 1. The second-order valence-electron chi connectivity index (χ2n) is 6.00. The van der Waals surface area contributed by atoms with Gasteiger partial charge in [-0.15, -0.1) is 0 Å². The summed E-state index contributed by atoms with van der Waals surface area (Å²) >= 11 is 0. The number of imidazole rings is 1. The van der Waals surface area contributed by atoms with Crippen LogP contribution in [0.4, 0.5) is 5.95 Å². The van der Waals surface area contributed by atoms with E-state index in [2.05, 4.69) is 47.4 Å². The van der Waals surface area contributed by atoms with Crippen molar-refractivity contribution in [2.24, 2.45) is 7.05 Å². The minimum absolute atomic E-state index is 0.596. The highest BCUT2D eigenvalue weighted by Gasteiger charge is 2.16. The van der Waals surface area contributed by atoms with Crippen LogP contribution in [0.25, 0.3) is 11.2 Å². The van der Waals surface area contributed by atoms with Crippen molar-refractivity contribution < 1.29 is 0 Å². The Balaban J connectivity index is 2.05. The Morgan fingerprint density at radius 2 is 2.00 bits per heavy atom. The molecule has 2 rings (SSSR count). The van der Waals surface area contributed by atoms with Gasteiger partial charge < -0.3 is 10.6 Å². The summed E-state index contributed by atoms with van der Waals surface area (Å²) in [5.74, 6) is 0.602. The molecule has 0 saturated carbocycles. The van der Waals surface area contributed by atoms with Crippen molar-refractivity contribution in [2.75, 3.05) is 19.3 Å². The van der Waals surface area contributed by atoms with Crippen molar-refractivity contribution in [3.8, 4) is 0 Å². The van der Waals surface area contributed by atoms with E-state index in [1.165, 1.54) is 0 Å². The highest BCUT2D eigenvalue weighted by atomic mass is 15.3. The molecule has 21 heavy (non-hydrogen) atoms. The molecule has 0 bridgehead atoms. The molecule has 2 aromatic rings. The van der Waals surface area contributed by atoms with E-state index in [0.29, 0.717) is 12.0 Å². The molecule has 0 aromatic carbocycles. The summed E-state index contributed by atoms with van der Waals surface area (Å²) < 4.78 is 3.99. The van der Waals surface area contributed by atoms with E-state index in [0.717, 1.165) is 49.2 Å².